The zero-order valence-electron chi connectivity index (χ0n) is 16.9. The molecule has 0 saturated heterocycles. The molecule has 3 aromatic rings. The second-order valence-corrected chi connectivity index (χ2v) is 7.30. The Morgan fingerprint density at radius 2 is 1.71 bits per heavy atom. The molecule has 28 heavy (non-hydrogen) atoms. The normalized spacial score (nSPS) is 11.1. The number of ether oxygens (including phenoxy) is 2. The van der Waals surface area contributed by atoms with Gasteiger partial charge in [0, 0.05) is 12.1 Å². The maximum Gasteiger partial charge on any atom is 0.217 e. The fraction of sp³-hybridized carbons (Fsp3) is 0.333. The van der Waals surface area contributed by atoms with Gasteiger partial charge in [-0.05, 0) is 56.4 Å². The number of H-pyrrole nitrogens is 1. The topological polar surface area (TPSA) is 55.3 Å². The van der Waals surface area contributed by atoms with Crippen LogP contribution < -0.4 is 9.47 Å². The maximum atomic E-state index is 5.44. The fourth-order valence-corrected chi connectivity index (χ4v) is 3.26. The number of methoxy groups -OCH3 is 2. The summed E-state index contributed by atoms with van der Waals surface area (Å²) in [5, 5.41) is 3.30. The van der Waals surface area contributed by atoms with E-state index >= 15 is 0 Å². The minimum Gasteiger partial charge on any atom is -0.493 e. The van der Waals surface area contributed by atoms with Gasteiger partial charge in [-0.25, -0.2) is 4.68 Å². The van der Waals surface area contributed by atoms with E-state index in [1.165, 1.54) is 11.1 Å². The summed E-state index contributed by atoms with van der Waals surface area (Å²) < 4.78 is 13.2. The summed E-state index contributed by atoms with van der Waals surface area (Å²) in [5.41, 5.74) is 4.56. The van der Waals surface area contributed by atoms with E-state index in [-0.39, 0.29) is 0 Å². The lowest BCUT2D eigenvalue weighted by molar-refractivity contribution is 0.243. The smallest absolute Gasteiger partial charge is 0.217 e. The first-order valence-electron chi connectivity index (χ1n) is 9.05. The van der Waals surface area contributed by atoms with Crippen molar-refractivity contribution < 1.29 is 9.47 Å². The van der Waals surface area contributed by atoms with Crippen molar-refractivity contribution in [2.45, 2.75) is 27.1 Å². The fourth-order valence-electron chi connectivity index (χ4n) is 3.07. The lowest BCUT2D eigenvalue weighted by atomic mass is 10.1. The molecule has 1 N–H and O–H groups in total. The van der Waals surface area contributed by atoms with E-state index in [1.807, 2.05) is 36.0 Å². The van der Waals surface area contributed by atoms with E-state index in [4.69, 9.17) is 21.7 Å². The molecular formula is C21H26N4O2S. The van der Waals surface area contributed by atoms with Crippen molar-refractivity contribution in [1.29, 1.82) is 0 Å². The summed E-state index contributed by atoms with van der Waals surface area (Å²) in [5.74, 6) is 2.25. The highest BCUT2D eigenvalue weighted by atomic mass is 32.1. The average molecular weight is 399 g/mol. The molecule has 2 aromatic carbocycles. The highest BCUT2D eigenvalue weighted by molar-refractivity contribution is 7.71. The molecule has 0 unspecified atom stereocenters. The number of nitrogens with zero attached hydrogens (tertiary/aromatic N) is 3. The van der Waals surface area contributed by atoms with Crippen LogP contribution in [0.5, 0.6) is 11.5 Å². The minimum absolute atomic E-state index is 0.534. The third-order valence-corrected chi connectivity index (χ3v) is 4.98. The van der Waals surface area contributed by atoms with Gasteiger partial charge in [-0.2, -0.15) is 4.98 Å². The Morgan fingerprint density at radius 3 is 2.36 bits per heavy atom. The molecule has 1 heterocycles. The Morgan fingerprint density at radius 1 is 1.07 bits per heavy atom. The largest absolute Gasteiger partial charge is 0.493 e. The van der Waals surface area contributed by atoms with Gasteiger partial charge in [0.05, 0.1) is 20.9 Å². The van der Waals surface area contributed by atoms with Crippen molar-refractivity contribution in [3.63, 3.8) is 0 Å². The monoisotopic (exact) mass is 398 g/mol. The Kier molecular flexibility index (Phi) is 6.16. The number of hydrogen-bond acceptors (Lipinski definition) is 5. The summed E-state index contributed by atoms with van der Waals surface area (Å²) in [6, 6.07) is 12.2. The van der Waals surface area contributed by atoms with Crippen molar-refractivity contribution >= 4 is 12.2 Å². The number of benzene rings is 2. The molecule has 0 atom stereocenters. The molecule has 0 aliphatic carbocycles. The first kappa shape index (κ1) is 20.1. The van der Waals surface area contributed by atoms with Gasteiger partial charge in [-0.15, -0.1) is 0 Å². The van der Waals surface area contributed by atoms with Crippen molar-refractivity contribution in [2.75, 3.05) is 21.3 Å². The second kappa shape index (κ2) is 8.58. The van der Waals surface area contributed by atoms with Crippen LogP contribution in [-0.4, -0.2) is 40.9 Å². The predicted molar refractivity (Wildman–Crippen MR) is 113 cm³/mol. The highest BCUT2D eigenvalue weighted by Crippen LogP contribution is 2.30. The second-order valence-electron chi connectivity index (χ2n) is 6.94. The van der Waals surface area contributed by atoms with Crippen LogP contribution in [0.15, 0.2) is 36.4 Å². The molecule has 0 amide bonds. The molecule has 0 aliphatic heterocycles. The van der Waals surface area contributed by atoms with Gasteiger partial charge in [0.1, 0.15) is 0 Å². The van der Waals surface area contributed by atoms with Crippen molar-refractivity contribution in [2.24, 2.45) is 0 Å². The van der Waals surface area contributed by atoms with Crippen LogP contribution in [-0.2, 0) is 13.2 Å². The van der Waals surface area contributed by atoms with Gasteiger partial charge in [0.25, 0.3) is 0 Å². The molecule has 0 aliphatic rings. The highest BCUT2D eigenvalue weighted by Gasteiger charge is 2.12. The molecule has 0 radical (unpaired) electrons. The predicted octanol–water partition coefficient (Wildman–Crippen LogP) is 4.33. The van der Waals surface area contributed by atoms with E-state index in [9.17, 15) is 0 Å². The van der Waals surface area contributed by atoms with Crippen LogP contribution in [0.3, 0.4) is 0 Å². The Balaban J connectivity index is 1.76. The van der Waals surface area contributed by atoms with E-state index in [1.54, 1.807) is 14.2 Å². The first-order valence-corrected chi connectivity index (χ1v) is 9.46. The molecular weight excluding hydrogens is 372 g/mol. The average Bonchev–Trinajstić information content (AvgIpc) is 3.03. The van der Waals surface area contributed by atoms with Crippen LogP contribution >= 0.6 is 12.2 Å². The van der Waals surface area contributed by atoms with E-state index in [2.05, 4.69) is 41.0 Å². The molecule has 0 spiro atoms. The summed E-state index contributed by atoms with van der Waals surface area (Å²) in [7, 11) is 5.34. The molecule has 7 heteroatoms. The lowest BCUT2D eigenvalue weighted by Crippen LogP contribution is -2.23. The Labute approximate surface area is 170 Å². The Bertz CT molecular complexity index is 1010. The van der Waals surface area contributed by atoms with Gasteiger partial charge in [0.15, 0.2) is 17.3 Å². The number of hydrogen-bond donors (Lipinski definition) is 1. The number of nitrogens with one attached hydrogen (secondary N) is 1. The number of aromatic nitrogens is 3. The van der Waals surface area contributed by atoms with Gasteiger partial charge < -0.3 is 9.47 Å². The van der Waals surface area contributed by atoms with Crippen LogP contribution in [0, 0.1) is 18.6 Å². The number of aromatic amines is 1. The van der Waals surface area contributed by atoms with Crippen LogP contribution in [0.2, 0.25) is 0 Å². The molecule has 1 aromatic heterocycles. The summed E-state index contributed by atoms with van der Waals surface area (Å²) in [4.78, 5) is 6.67. The summed E-state index contributed by atoms with van der Waals surface area (Å²) in [6.07, 6.45) is 0. The van der Waals surface area contributed by atoms with E-state index in [0.717, 1.165) is 35.0 Å². The van der Waals surface area contributed by atoms with E-state index < -0.39 is 0 Å². The van der Waals surface area contributed by atoms with Gasteiger partial charge in [0.2, 0.25) is 4.77 Å². The Hall–Kier alpha value is -2.64. The molecule has 0 bridgehead atoms. The third kappa shape index (κ3) is 4.43. The maximum absolute atomic E-state index is 5.44. The molecule has 0 fully saturated rings. The minimum atomic E-state index is 0.534. The standard InChI is InChI=1S/C21H26N4O2S/c1-14-6-8-16(9-7-14)20-22-21(28)25(23-20)13-24(3)12-17-11-19(27-5)18(26-4)10-15(17)2/h6-11H,12-13H2,1-5H3,(H,22,23,28). The van der Waals surface area contributed by atoms with Crippen molar-refractivity contribution in [1.82, 2.24) is 19.7 Å². The zero-order valence-corrected chi connectivity index (χ0v) is 17.8. The molecule has 6 nitrogen and oxygen atoms in total. The van der Waals surface area contributed by atoms with Crippen LogP contribution in [0.25, 0.3) is 11.4 Å². The van der Waals surface area contributed by atoms with E-state index in [0.29, 0.717) is 11.4 Å². The molecule has 0 saturated carbocycles. The van der Waals surface area contributed by atoms with Gasteiger partial charge in [-0.3, -0.25) is 10.00 Å². The number of aryl methyl sites for hydroxylation is 2. The van der Waals surface area contributed by atoms with Crippen molar-refractivity contribution in [3.05, 3.63) is 57.9 Å². The SMILES string of the molecule is COc1cc(C)c(CN(C)Cn2[nH]c(-c3ccc(C)cc3)nc2=S)cc1OC. The quantitative estimate of drug-likeness (QED) is 0.600. The first-order chi connectivity index (χ1) is 13.4. The summed E-state index contributed by atoms with van der Waals surface area (Å²) in [6.45, 7) is 5.48. The zero-order chi connectivity index (χ0) is 20.3. The lowest BCUT2D eigenvalue weighted by Gasteiger charge is -2.19. The van der Waals surface area contributed by atoms with Crippen LogP contribution in [0.1, 0.15) is 16.7 Å². The number of rotatable bonds is 7. The third-order valence-electron chi connectivity index (χ3n) is 4.67. The molecule has 3 rings (SSSR count). The van der Waals surface area contributed by atoms with Crippen molar-refractivity contribution in [3.8, 4) is 22.9 Å². The van der Waals surface area contributed by atoms with Gasteiger partial charge in [-0.1, -0.05) is 29.8 Å². The van der Waals surface area contributed by atoms with Crippen LogP contribution in [0.4, 0.5) is 0 Å². The van der Waals surface area contributed by atoms with Gasteiger partial charge >= 0.3 is 0 Å². The molecule has 148 valence electrons. The summed E-state index contributed by atoms with van der Waals surface area (Å²) >= 11 is 5.44.